The van der Waals surface area contributed by atoms with E-state index in [1.54, 1.807) is 11.3 Å². The summed E-state index contributed by atoms with van der Waals surface area (Å²) >= 11 is 3.71. The summed E-state index contributed by atoms with van der Waals surface area (Å²) in [5.74, 6) is 2.88. The molecule has 7 heteroatoms. The maximum Gasteiger partial charge on any atom is 0.228 e. The first-order valence-corrected chi connectivity index (χ1v) is 11.3. The van der Waals surface area contributed by atoms with Crippen molar-refractivity contribution in [1.29, 1.82) is 0 Å². The fourth-order valence-corrected chi connectivity index (χ4v) is 5.67. The number of aryl methyl sites for hydroxylation is 1. The van der Waals surface area contributed by atoms with Crippen LogP contribution in [-0.2, 0) is 6.54 Å². The summed E-state index contributed by atoms with van der Waals surface area (Å²) < 4.78 is 1.17. The third-order valence-electron chi connectivity index (χ3n) is 5.12. The average Bonchev–Trinajstić information content (AvgIpc) is 3.25. The normalized spacial score (nSPS) is 19.9. The average molecular weight is 398 g/mol. The molecular weight excluding hydrogens is 374 g/mol. The molecule has 0 saturated carbocycles. The molecule has 3 aromatic rings. The van der Waals surface area contributed by atoms with Gasteiger partial charge in [-0.1, -0.05) is 18.2 Å². The first-order chi connectivity index (χ1) is 13.3. The third kappa shape index (κ3) is 3.51. The monoisotopic (exact) mass is 397 g/mol. The van der Waals surface area contributed by atoms with Crippen LogP contribution in [0.3, 0.4) is 0 Å². The van der Waals surface area contributed by atoms with E-state index in [2.05, 4.69) is 52.8 Å². The van der Waals surface area contributed by atoms with Crippen molar-refractivity contribution in [1.82, 2.24) is 15.3 Å². The summed E-state index contributed by atoms with van der Waals surface area (Å²) in [6.07, 6.45) is 1.14. The number of hydrogen-bond donors (Lipinski definition) is 2. The Morgan fingerprint density at radius 2 is 2.19 bits per heavy atom. The van der Waals surface area contributed by atoms with Crippen LogP contribution in [0.2, 0.25) is 0 Å². The number of benzene rings is 1. The highest BCUT2D eigenvalue weighted by molar-refractivity contribution is 7.99. The van der Waals surface area contributed by atoms with Crippen molar-refractivity contribution in [3.63, 3.8) is 0 Å². The second-order valence-corrected chi connectivity index (χ2v) is 9.55. The fourth-order valence-electron chi connectivity index (χ4n) is 3.74. The summed E-state index contributed by atoms with van der Waals surface area (Å²) in [4.78, 5) is 14.9. The lowest BCUT2D eigenvalue weighted by Gasteiger charge is -2.22. The highest BCUT2D eigenvalue weighted by Gasteiger charge is 2.22. The number of aromatic nitrogens is 2. The minimum atomic E-state index is 0.443. The Balaban J connectivity index is 1.52. The van der Waals surface area contributed by atoms with Gasteiger partial charge in [0.25, 0.3) is 0 Å². The van der Waals surface area contributed by atoms with Crippen LogP contribution in [0, 0.1) is 6.92 Å². The van der Waals surface area contributed by atoms with Crippen molar-refractivity contribution in [3.8, 4) is 0 Å². The van der Waals surface area contributed by atoms with E-state index in [-0.39, 0.29) is 0 Å². The van der Waals surface area contributed by atoms with Gasteiger partial charge < -0.3 is 15.5 Å². The van der Waals surface area contributed by atoms with E-state index in [1.165, 1.54) is 20.0 Å². The molecule has 2 aliphatic heterocycles. The minimum absolute atomic E-state index is 0.443. The molecule has 1 saturated heterocycles. The van der Waals surface area contributed by atoms with Crippen molar-refractivity contribution in [3.05, 3.63) is 40.8 Å². The van der Waals surface area contributed by atoms with Crippen LogP contribution in [0.5, 0.6) is 0 Å². The lowest BCUT2D eigenvalue weighted by atomic mass is 10.2. The van der Waals surface area contributed by atoms with Gasteiger partial charge in [0.05, 0.1) is 10.2 Å². The maximum atomic E-state index is 4.99. The molecule has 1 atom stereocenters. The Labute approximate surface area is 167 Å². The highest BCUT2D eigenvalue weighted by Crippen LogP contribution is 2.34. The Kier molecular flexibility index (Phi) is 4.67. The first-order valence-electron chi connectivity index (χ1n) is 9.47. The molecule has 0 spiro atoms. The van der Waals surface area contributed by atoms with Crippen LogP contribution in [0.1, 0.15) is 16.9 Å². The number of nitrogens with zero attached hydrogens (tertiary/aromatic N) is 3. The second kappa shape index (κ2) is 7.30. The molecular formula is C20H23N5S2. The second-order valence-electron chi connectivity index (χ2n) is 7.16. The summed E-state index contributed by atoms with van der Waals surface area (Å²) in [7, 11) is 0. The number of fused-ring (bicyclic) bond motifs is 2. The molecule has 140 valence electrons. The van der Waals surface area contributed by atoms with Crippen molar-refractivity contribution < 1.29 is 0 Å². The Morgan fingerprint density at radius 3 is 3.07 bits per heavy atom. The minimum Gasteiger partial charge on any atom is -0.365 e. The van der Waals surface area contributed by atoms with E-state index in [1.807, 2.05) is 11.8 Å². The van der Waals surface area contributed by atoms with Crippen LogP contribution in [0.4, 0.5) is 11.8 Å². The quantitative estimate of drug-likeness (QED) is 0.699. The molecule has 1 unspecified atom stereocenters. The van der Waals surface area contributed by atoms with Gasteiger partial charge in [0.15, 0.2) is 0 Å². The van der Waals surface area contributed by atoms with E-state index < -0.39 is 0 Å². The number of hydrogen-bond acceptors (Lipinski definition) is 7. The van der Waals surface area contributed by atoms with Gasteiger partial charge in [-0.05, 0) is 37.6 Å². The molecule has 1 aromatic carbocycles. The zero-order valence-corrected chi connectivity index (χ0v) is 17.0. The van der Waals surface area contributed by atoms with E-state index >= 15 is 0 Å². The third-order valence-corrected chi connectivity index (χ3v) is 7.26. The summed E-state index contributed by atoms with van der Waals surface area (Å²) in [5, 5.41) is 7.10. The Hall–Kier alpha value is -1.83. The molecule has 5 rings (SSSR count). The van der Waals surface area contributed by atoms with Gasteiger partial charge in [-0.2, -0.15) is 4.98 Å². The summed E-state index contributed by atoms with van der Waals surface area (Å²) in [6, 6.07) is 11.3. The van der Waals surface area contributed by atoms with Crippen molar-refractivity contribution in [2.75, 3.05) is 35.6 Å². The van der Waals surface area contributed by atoms with Gasteiger partial charge in [-0.25, -0.2) is 4.98 Å². The van der Waals surface area contributed by atoms with Gasteiger partial charge in [-0.15, -0.1) is 23.1 Å². The highest BCUT2D eigenvalue weighted by atomic mass is 32.2. The van der Waals surface area contributed by atoms with Crippen LogP contribution in [-0.4, -0.2) is 41.4 Å². The van der Waals surface area contributed by atoms with Crippen molar-refractivity contribution in [2.45, 2.75) is 30.8 Å². The number of thioether (sulfide) groups is 1. The van der Waals surface area contributed by atoms with Crippen molar-refractivity contribution >= 4 is 45.1 Å². The van der Waals surface area contributed by atoms with Gasteiger partial charge in [0.2, 0.25) is 5.95 Å². The molecule has 2 N–H and O–H groups in total. The number of thiophene rings is 1. The van der Waals surface area contributed by atoms with Crippen molar-refractivity contribution in [2.24, 2.45) is 0 Å². The Bertz CT molecular complexity index is 964. The zero-order valence-electron chi connectivity index (χ0n) is 15.4. The van der Waals surface area contributed by atoms with Crippen LogP contribution >= 0.6 is 23.1 Å². The van der Waals surface area contributed by atoms with Crippen LogP contribution in [0.25, 0.3) is 10.2 Å². The largest absolute Gasteiger partial charge is 0.365 e. The summed E-state index contributed by atoms with van der Waals surface area (Å²) in [6.45, 7) is 6.04. The number of rotatable bonds is 3. The molecule has 1 fully saturated rings. The lowest BCUT2D eigenvalue weighted by Crippen LogP contribution is -2.27. The van der Waals surface area contributed by atoms with Crippen LogP contribution in [0.15, 0.2) is 35.2 Å². The maximum absolute atomic E-state index is 4.99. The predicted octanol–water partition coefficient (Wildman–Crippen LogP) is 3.89. The number of nitrogens with one attached hydrogen (secondary N) is 2. The van der Waals surface area contributed by atoms with E-state index in [0.29, 0.717) is 6.04 Å². The van der Waals surface area contributed by atoms with Gasteiger partial charge in [0.1, 0.15) is 5.82 Å². The molecule has 0 aliphatic carbocycles. The van der Waals surface area contributed by atoms with E-state index in [9.17, 15) is 0 Å². The molecule has 0 radical (unpaired) electrons. The van der Waals surface area contributed by atoms with Crippen LogP contribution < -0.4 is 15.5 Å². The topological polar surface area (TPSA) is 53.1 Å². The van der Waals surface area contributed by atoms with Gasteiger partial charge in [-0.3, -0.25) is 0 Å². The summed E-state index contributed by atoms with van der Waals surface area (Å²) in [5.41, 5.74) is 2.42. The van der Waals surface area contributed by atoms with E-state index in [4.69, 9.17) is 9.97 Å². The lowest BCUT2D eigenvalue weighted by molar-refractivity contribution is 0.778. The molecule has 27 heavy (non-hydrogen) atoms. The first kappa shape index (κ1) is 17.3. The smallest absolute Gasteiger partial charge is 0.228 e. The molecule has 5 nitrogen and oxygen atoms in total. The zero-order chi connectivity index (χ0) is 18.2. The molecule has 0 amide bonds. The molecule has 2 aromatic heterocycles. The molecule has 4 heterocycles. The van der Waals surface area contributed by atoms with Gasteiger partial charge in [0, 0.05) is 41.2 Å². The standard InChI is InChI=1S/C20H23N5S2/c1-13-10-16-18(27-13)19(22-15-6-7-21-11-15)24-20(23-16)25-8-9-26-17-5-3-2-4-14(17)12-25/h2-5,10,15,21H,6-9,11-12H2,1H3,(H,22,23,24). The predicted molar refractivity (Wildman–Crippen MR) is 115 cm³/mol. The van der Waals surface area contributed by atoms with E-state index in [0.717, 1.165) is 55.6 Å². The molecule has 2 aliphatic rings. The van der Waals surface area contributed by atoms with Gasteiger partial charge >= 0.3 is 0 Å². The molecule has 0 bridgehead atoms. The Morgan fingerprint density at radius 1 is 1.26 bits per heavy atom. The number of anilines is 2. The SMILES string of the molecule is Cc1cc2nc(N3CCSc4ccccc4C3)nc(NC3CCNC3)c2s1. The fraction of sp³-hybridized carbons (Fsp3) is 0.400.